The molecular formula is C7H13S. The topological polar surface area (TPSA) is 0 Å². The highest BCUT2D eigenvalue weighted by molar-refractivity contribution is 8.01. The van der Waals surface area contributed by atoms with Gasteiger partial charge in [-0.05, 0) is 18.1 Å². The summed E-state index contributed by atoms with van der Waals surface area (Å²) in [6.07, 6.45) is 2.39. The fourth-order valence-corrected chi connectivity index (χ4v) is 2.00. The molecule has 0 aromatic heterocycles. The Hall–Kier alpha value is 0.350. The highest BCUT2D eigenvalue weighted by atomic mass is 32.2. The second-order valence-electron chi connectivity index (χ2n) is 2.94. The van der Waals surface area contributed by atoms with E-state index in [2.05, 4.69) is 39.0 Å². The standard InChI is InChI=1S/C7H13S/c1-6-4-5-8-7(6,2)3/h4,6H,5H2,1-3H3. The molecule has 1 aliphatic heterocycles. The molecular weight excluding hydrogens is 116 g/mol. The Balaban J connectivity index is 2.54. The van der Waals surface area contributed by atoms with Crippen LogP contribution in [0, 0.1) is 12.3 Å². The molecule has 1 radical (unpaired) electrons. The minimum absolute atomic E-state index is 0.514. The highest BCUT2D eigenvalue weighted by Gasteiger charge is 2.31. The summed E-state index contributed by atoms with van der Waals surface area (Å²) in [6.45, 7) is 6.91. The Bertz CT molecular complexity index is 86.4. The van der Waals surface area contributed by atoms with Gasteiger partial charge in [-0.2, -0.15) is 11.8 Å². The molecule has 8 heavy (non-hydrogen) atoms. The lowest BCUT2D eigenvalue weighted by molar-refractivity contribution is 0.545. The molecule has 1 atom stereocenters. The fraction of sp³-hybridized carbons (Fsp3) is 0.857. The van der Waals surface area contributed by atoms with Crippen LogP contribution < -0.4 is 0 Å². The maximum Gasteiger partial charge on any atom is 0.0132 e. The summed E-state index contributed by atoms with van der Waals surface area (Å²) >= 11 is 2.05. The predicted octanol–water partition coefficient (Wildman–Crippen LogP) is 2.35. The van der Waals surface area contributed by atoms with Gasteiger partial charge in [-0.15, -0.1) is 0 Å². The Kier molecular flexibility index (Phi) is 1.57. The van der Waals surface area contributed by atoms with E-state index in [9.17, 15) is 0 Å². The third-order valence-corrected chi connectivity index (χ3v) is 3.48. The van der Waals surface area contributed by atoms with E-state index in [0.717, 1.165) is 5.92 Å². The van der Waals surface area contributed by atoms with Crippen LogP contribution in [-0.2, 0) is 0 Å². The third kappa shape index (κ3) is 1.02. The van der Waals surface area contributed by atoms with E-state index in [1.165, 1.54) is 5.75 Å². The van der Waals surface area contributed by atoms with Gasteiger partial charge in [0.15, 0.2) is 0 Å². The van der Waals surface area contributed by atoms with Crippen molar-refractivity contribution in [1.82, 2.24) is 0 Å². The molecule has 0 saturated carbocycles. The molecule has 0 aromatic rings. The first-order valence-corrected chi connectivity index (χ1v) is 4.09. The Morgan fingerprint density at radius 1 is 1.62 bits per heavy atom. The van der Waals surface area contributed by atoms with Crippen LogP contribution in [0.1, 0.15) is 20.8 Å². The van der Waals surface area contributed by atoms with Crippen molar-refractivity contribution in [2.45, 2.75) is 25.5 Å². The molecule has 0 aromatic carbocycles. The molecule has 1 saturated heterocycles. The summed E-state index contributed by atoms with van der Waals surface area (Å²) in [5, 5.41) is 0. The van der Waals surface area contributed by atoms with Gasteiger partial charge in [-0.25, -0.2) is 0 Å². The average Bonchev–Trinajstić information content (AvgIpc) is 1.86. The zero-order chi connectivity index (χ0) is 6.20. The summed E-state index contributed by atoms with van der Waals surface area (Å²) in [4.78, 5) is 0. The van der Waals surface area contributed by atoms with E-state index in [4.69, 9.17) is 0 Å². The number of thioether (sulfide) groups is 1. The van der Waals surface area contributed by atoms with Crippen LogP contribution in [-0.4, -0.2) is 10.5 Å². The molecule has 1 aliphatic rings. The van der Waals surface area contributed by atoms with E-state index in [1.807, 2.05) is 0 Å². The first kappa shape index (κ1) is 6.47. The third-order valence-electron chi connectivity index (χ3n) is 2.00. The second kappa shape index (κ2) is 1.94. The molecule has 0 amide bonds. The van der Waals surface area contributed by atoms with Crippen LogP contribution in [0.5, 0.6) is 0 Å². The van der Waals surface area contributed by atoms with Gasteiger partial charge in [-0.1, -0.05) is 20.8 Å². The van der Waals surface area contributed by atoms with Crippen LogP contribution in [0.3, 0.4) is 0 Å². The van der Waals surface area contributed by atoms with Crippen molar-refractivity contribution >= 4 is 11.8 Å². The number of hydrogen-bond donors (Lipinski definition) is 0. The first-order chi connectivity index (χ1) is 3.63. The normalized spacial score (nSPS) is 35.6. The van der Waals surface area contributed by atoms with Gasteiger partial charge < -0.3 is 0 Å². The van der Waals surface area contributed by atoms with E-state index in [-0.39, 0.29) is 0 Å². The molecule has 0 aliphatic carbocycles. The maximum atomic E-state index is 2.39. The van der Waals surface area contributed by atoms with Crippen molar-refractivity contribution in [2.75, 3.05) is 5.75 Å². The minimum Gasteiger partial charge on any atom is -0.155 e. The smallest absolute Gasteiger partial charge is 0.0132 e. The van der Waals surface area contributed by atoms with Gasteiger partial charge in [0.2, 0.25) is 0 Å². The maximum absolute atomic E-state index is 2.39. The Labute approximate surface area is 56.0 Å². The van der Waals surface area contributed by atoms with Crippen LogP contribution in [0.2, 0.25) is 0 Å². The summed E-state index contributed by atoms with van der Waals surface area (Å²) in [5.74, 6) is 2.04. The van der Waals surface area contributed by atoms with Crippen molar-refractivity contribution in [2.24, 2.45) is 5.92 Å². The van der Waals surface area contributed by atoms with E-state index in [0.29, 0.717) is 4.75 Å². The average molecular weight is 129 g/mol. The molecule has 0 N–H and O–H groups in total. The van der Waals surface area contributed by atoms with Crippen LogP contribution in [0.15, 0.2) is 0 Å². The van der Waals surface area contributed by atoms with Gasteiger partial charge in [0, 0.05) is 4.75 Å². The minimum atomic E-state index is 0.514. The van der Waals surface area contributed by atoms with Crippen molar-refractivity contribution in [3.63, 3.8) is 0 Å². The Morgan fingerprint density at radius 3 is 2.38 bits per heavy atom. The quantitative estimate of drug-likeness (QED) is 0.484. The fourth-order valence-electron chi connectivity index (χ4n) is 0.822. The lowest BCUT2D eigenvalue weighted by Crippen LogP contribution is -2.18. The van der Waals surface area contributed by atoms with Gasteiger partial charge in [0.25, 0.3) is 0 Å². The molecule has 1 rings (SSSR count). The predicted molar refractivity (Wildman–Crippen MR) is 40.0 cm³/mol. The van der Waals surface area contributed by atoms with E-state index in [1.54, 1.807) is 0 Å². The number of rotatable bonds is 0. The zero-order valence-electron chi connectivity index (χ0n) is 5.77. The molecule has 1 unspecified atom stereocenters. The monoisotopic (exact) mass is 129 g/mol. The van der Waals surface area contributed by atoms with Crippen LogP contribution >= 0.6 is 11.8 Å². The lowest BCUT2D eigenvalue weighted by atomic mass is 9.95. The lowest BCUT2D eigenvalue weighted by Gasteiger charge is -2.21. The highest BCUT2D eigenvalue weighted by Crippen LogP contribution is 2.40. The summed E-state index contributed by atoms with van der Waals surface area (Å²) in [6, 6.07) is 0. The number of hydrogen-bond acceptors (Lipinski definition) is 1. The van der Waals surface area contributed by atoms with Crippen LogP contribution in [0.25, 0.3) is 0 Å². The Morgan fingerprint density at radius 2 is 2.25 bits per heavy atom. The van der Waals surface area contributed by atoms with Crippen molar-refractivity contribution < 1.29 is 0 Å². The van der Waals surface area contributed by atoms with Gasteiger partial charge in [0.05, 0.1) is 0 Å². The molecule has 0 nitrogen and oxygen atoms in total. The summed E-state index contributed by atoms with van der Waals surface area (Å²) in [7, 11) is 0. The largest absolute Gasteiger partial charge is 0.155 e. The van der Waals surface area contributed by atoms with Crippen molar-refractivity contribution in [1.29, 1.82) is 0 Å². The second-order valence-corrected chi connectivity index (χ2v) is 4.61. The summed E-state index contributed by atoms with van der Waals surface area (Å²) in [5.41, 5.74) is 0. The molecule has 1 heterocycles. The summed E-state index contributed by atoms with van der Waals surface area (Å²) < 4.78 is 0.514. The zero-order valence-corrected chi connectivity index (χ0v) is 6.59. The molecule has 0 spiro atoms. The van der Waals surface area contributed by atoms with Crippen molar-refractivity contribution in [3.8, 4) is 0 Å². The van der Waals surface area contributed by atoms with Gasteiger partial charge in [-0.3, -0.25) is 0 Å². The molecule has 0 bridgehead atoms. The molecule has 1 fully saturated rings. The van der Waals surface area contributed by atoms with Crippen molar-refractivity contribution in [3.05, 3.63) is 6.42 Å². The van der Waals surface area contributed by atoms with E-state index < -0.39 is 0 Å². The van der Waals surface area contributed by atoms with Crippen LogP contribution in [0.4, 0.5) is 0 Å². The van der Waals surface area contributed by atoms with Gasteiger partial charge in [0.1, 0.15) is 0 Å². The van der Waals surface area contributed by atoms with E-state index >= 15 is 0 Å². The van der Waals surface area contributed by atoms with Gasteiger partial charge >= 0.3 is 0 Å². The first-order valence-electron chi connectivity index (χ1n) is 3.10. The SMILES string of the molecule is CC1[CH]CSC1(C)C. The molecule has 1 heteroatoms. The molecule has 47 valence electrons.